The number of amides is 1. The minimum absolute atomic E-state index is 0.0253. The molecule has 1 atom stereocenters. The van der Waals surface area contributed by atoms with E-state index in [4.69, 9.17) is 9.47 Å². The van der Waals surface area contributed by atoms with Crippen molar-refractivity contribution in [2.75, 3.05) is 25.7 Å². The molecule has 0 bridgehead atoms. The lowest BCUT2D eigenvalue weighted by Crippen LogP contribution is -2.36. The number of hydrogen-bond donors (Lipinski definition) is 1. The second-order valence-electron chi connectivity index (χ2n) is 5.43. The molecule has 122 valence electrons. The van der Waals surface area contributed by atoms with Crippen LogP contribution in [0.3, 0.4) is 0 Å². The van der Waals surface area contributed by atoms with Gasteiger partial charge in [-0.3, -0.25) is 4.79 Å². The van der Waals surface area contributed by atoms with Gasteiger partial charge in [0.25, 0.3) is 0 Å². The summed E-state index contributed by atoms with van der Waals surface area (Å²) in [5, 5.41) is 2.78. The van der Waals surface area contributed by atoms with Crippen LogP contribution in [0, 0.1) is 6.92 Å². The van der Waals surface area contributed by atoms with Gasteiger partial charge in [-0.15, -0.1) is 0 Å². The fourth-order valence-corrected chi connectivity index (χ4v) is 4.41. The van der Waals surface area contributed by atoms with E-state index in [1.807, 2.05) is 6.92 Å². The first kappa shape index (κ1) is 16.6. The van der Waals surface area contributed by atoms with Crippen molar-refractivity contribution in [3.8, 4) is 11.5 Å². The van der Waals surface area contributed by atoms with E-state index in [-0.39, 0.29) is 29.9 Å². The topological polar surface area (TPSA) is 81.7 Å². The van der Waals surface area contributed by atoms with Gasteiger partial charge in [-0.05, 0) is 19.4 Å². The summed E-state index contributed by atoms with van der Waals surface area (Å²) < 4.78 is 33.4. The zero-order valence-corrected chi connectivity index (χ0v) is 13.8. The fraction of sp³-hybridized carbons (Fsp3) is 0.533. The average molecular weight is 327 g/mol. The molecule has 1 heterocycles. The molecule has 0 aliphatic carbocycles. The molecule has 1 unspecified atom stereocenters. The molecule has 22 heavy (non-hydrogen) atoms. The van der Waals surface area contributed by atoms with Gasteiger partial charge in [-0.2, -0.15) is 0 Å². The zero-order valence-electron chi connectivity index (χ0n) is 13.0. The SMILES string of the molecule is COc1ccc(CC(=O)NC2CCS(=O)(=O)C2)c(OC)c1C. The third-order valence-corrected chi connectivity index (χ3v) is 5.58. The van der Waals surface area contributed by atoms with Crippen molar-refractivity contribution in [2.24, 2.45) is 0 Å². The summed E-state index contributed by atoms with van der Waals surface area (Å²) in [4.78, 5) is 12.1. The Morgan fingerprint density at radius 3 is 2.59 bits per heavy atom. The second-order valence-corrected chi connectivity index (χ2v) is 7.66. The molecule has 1 fully saturated rings. The van der Waals surface area contributed by atoms with Gasteiger partial charge in [0.05, 0.1) is 32.1 Å². The highest BCUT2D eigenvalue weighted by atomic mass is 32.2. The molecule has 1 aromatic carbocycles. The molecule has 0 saturated carbocycles. The Kier molecular flexibility index (Phi) is 4.95. The van der Waals surface area contributed by atoms with E-state index in [0.717, 1.165) is 11.1 Å². The number of methoxy groups -OCH3 is 2. The maximum Gasteiger partial charge on any atom is 0.224 e. The Balaban J connectivity index is 2.07. The predicted molar refractivity (Wildman–Crippen MR) is 83.2 cm³/mol. The highest BCUT2D eigenvalue weighted by molar-refractivity contribution is 7.91. The molecule has 1 aliphatic rings. The highest BCUT2D eigenvalue weighted by Crippen LogP contribution is 2.31. The number of carbonyl (C=O) groups excluding carboxylic acids is 1. The van der Waals surface area contributed by atoms with Crippen LogP contribution >= 0.6 is 0 Å². The molecular formula is C15H21NO5S. The summed E-state index contributed by atoms with van der Waals surface area (Å²) in [6.07, 6.45) is 0.622. The molecule has 2 rings (SSSR count). The first-order valence-electron chi connectivity index (χ1n) is 7.06. The van der Waals surface area contributed by atoms with Gasteiger partial charge in [-0.1, -0.05) is 6.07 Å². The Labute approximate surface area is 130 Å². The third kappa shape index (κ3) is 3.71. The van der Waals surface area contributed by atoms with Crippen LogP contribution in [0.25, 0.3) is 0 Å². The van der Waals surface area contributed by atoms with Crippen LogP contribution in [0.15, 0.2) is 12.1 Å². The van der Waals surface area contributed by atoms with Crippen molar-refractivity contribution in [3.63, 3.8) is 0 Å². The lowest BCUT2D eigenvalue weighted by molar-refractivity contribution is -0.121. The highest BCUT2D eigenvalue weighted by Gasteiger charge is 2.29. The number of carbonyl (C=O) groups is 1. The average Bonchev–Trinajstić information content (AvgIpc) is 2.78. The van der Waals surface area contributed by atoms with Crippen molar-refractivity contribution in [3.05, 3.63) is 23.3 Å². The van der Waals surface area contributed by atoms with Gasteiger partial charge in [-0.25, -0.2) is 8.42 Å². The van der Waals surface area contributed by atoms with E-state index in [0.29, 0.717) is 17.9 Å². The molecule has 0 radical (unpaired) electrons. The molecule has 1 aliphatic heterocycles. The molecule has 1 N–H and O–H groups in total. The van der Waals surface area contributed by atoms with Crippen LogP contribution in [0.2, 0.25) is 0 Å². The monoisotopic (exact) mass is 327 g/mol. The van der Waals surface area contributed by atoms with Gasteiger partial charge in [0.15, 0.2) is 9.84 Å². The molecule has 1 aromatic rings. The molecule has 6 nitrogen and oxygen atoms in total. The number of nitrogens with one attached hydrogen (secondary N) is 1. The van der Waals surface area contributed by atoms with Crippen molar-refractivity contribution in [2.45, 2.75) is 25.8 Å². The first-order valence-corrected chi connectivity index (χ1v) is 8.88. The lowest BCUT2D eigenvalue weighted by Gasteiger charge is -2.15. The maximum atomic E-state index is 12.1. The Hall–Kier alpha value is -1.76. The Bertz CT molecular complexity index is 669. The number of benzene rings is 1. The summed E-state index contributed by atoms with van der Waals surface area (Å²) in [5.41, 5.74) is 1.58. The van der Waals surface area contributed by atoms with Crippen LogP contribution in [0.1, 0.15) is 17.5 Å². The number of rotatable bonds is 5. The van der Waals surface area contributed by atoms with Crippen molar-refractivity contribution >= 4 is 15.7 Å². The smallest absolute Gasteiger partial charge is 0.224 e. The molecule has 7 heteroatoms. The van der Waals surface area contributed by atoms with E-state index in [1.54, 1.807) is 26.4 Å². The zero-order chi connectivity index (χ0) is 16.3. The van der Waals surface area contributed by atoms with Crippen LogP contribution in [0.5, 0.6) is 11.5 Å². The molecule has 1 amide bonds. The van der Waals surface area contributed by atoms with Crippen LogP contribution in [-0.4, -0.2) is 46.1 Å². The Morgan fingerprint density at radius 1 is 1.32 bits per heavy atom. The van der Waals surface area contributed by atoms with Gasteiger partial charge >= 0.3 is 0 Å². The van der Waals surface area contributed by atoms with Crippen molar-refractivity contribution in [1.29, 1.82) is 0 Å². The largest absolute Gasteiger partial charge is 0.496 e. The quantitative estimate of drug-likeness (QED) is 0.867. The van der Waals surface area contributed by atoms with E-state index in [9.17, 15) is 13.2 Å². The minimum Gasteiger partial charge on any atom is -0.496 e. The van der Waals surface area contributed by atoms with E-state index >= 15 is 0 Å². The van der Waals surface area contributed by atoms with Gasteiger partial charge < -0.3 is 14.8 Å². The summed E-state index contributed by atoms with van der Waals surface area (Å²) >= 11 is 0. The van der Waals surface area contributed by atoms with Crippen molar-refractivity contribution in [1.82, 2.24) is 5.32 Å². The van der Waals surface area contributed by atoms with E-state index < -0.39 is 9.84 Å². The third-order valence-electron chi connectivity index (χ3n) is 3.81. The van der Waals surface area contributed by atoms with Gasteiger partial charge in [0.1, 0.15) is 11.5 Å². The van der Waals surface area contributed by atoms with E-state index in [2.05, 4.69) is 5.32 Å². The summed E-state index contributed by atoms with van der Waals surface area (Å²) in [6.45, 7) is 1.86. The number of hydrogen-bond acceptors (Lipinski definition) is 5. The van der Waals surface area contributed by atoms with E-state index in [1.165, 1.54) is 0 Å². The van der Waals surface area contributed by atoms with Crippen LogP contribution in [-0.2, 0) is 21.1 Å². The minimum atomic E-state index is -3.00. The standard InChI is InChI=1S/C15H21NO5S/c1-10-13(20-2)5-4-11(15(10)21-3)8-14(17)16-12-6-7-22(18,19)9-12/h4-5,12H,6-9H2,1-3H3,(H,16,17). The molecular weight excluding hydrogens is 306 g/mol. The normalized spacial score (nSPS) is 19.7. The van der Waals surface area contributed by atoms with Crippen LogP contribution in [0.4, 0.5) is 0 Å². The summed E-state index contributed by atoms with van der Waals surface area (Å²) in [5.74, 6) is 1.28. The summed E-state index contributed by atoms with van der Waals surface area (Å²) in [6, 6.07) is 3.29. The van der Waals surface area contributed by atoms with Gasteiger partial charge in [0.2, 0.25) is 5.91 Å². The first-order chi connectivity index (χ1) is 10.4. The molecule has 0 aromatic heterocycles. The van der Waals surface area contributed by atoms with Crippen LogP contribution < -0.4 is 14.8 Å². The number of sulfone groups is 1. The lowest BCUT2D eigenvalue weighted by atomic mass is 10.0. The number of ether oxygens (including phenoxy) is 2. The van der Waals surface area contributed by atoms with Gasteiger partial charge in [0, 0.05) is 17.2 Å². The fourth-order valence-electron chi connectivity index (χ4n) is 2.73. The maximum absolute atomic E-state index is 12.1. The molecule has 0 spiro atoms. The summed E-state index contributed by atoms with van der Waals surface area (Å²) in [7, 11) is 0.128. The Morgan fingerprint density at radius 2 is 2.05 bits per heavy atom. The second kappa shape index (κ2) is 6.56. The predicted octanol–water partition coefficient (Wildman–Crippen LogP) is 0.858. The van der Waals surface area contributed by atoms with Crippen molar-refractivity contribution < 1.29 is 22.7 Å². The molecule has 1 saturated heterocycles.